The van der Waals surface area contributed by atoms with Crippen molar-refractivity contribution in [1.29, 1.82) is 0 Å². The Kier molecular flexibility index (Phi) is 5.62. The van der Waals surface area contributed by atoms with Crippen LogP contribution in [-0.2, 0) is 4.74 Å². The van der Waals surface area contributed by atoms with Crippen LogP contribution in [0.3, 0.4) is 0 Å². The number of ether oxygens (including phenoxy) is 1. The fraction of sp³-hybridized carbons (Fsp3) is 0.462. The van der Waals surface area contributed by atoms with Crippen LogP contribution in [0.1, 0.15) is 24.2 Å². The SMILES string of the molecule is COCCN(C(=O)c1ccc(Br)cc1O)C(C)C. The molecule has 0 aliphatic heterocycles. The Balaban J connectivity index is 2.94. The summed E-state index contributed by atoms with van der Waals surface area (Å²) >= 11 is 3.25. The largest absolute Gasteiger partial charge is 0.507 e. The molecule has 1 amide bonds. The first-order valence-electron chi connectivity index (χ1n) is 5.75. The summed E-state index contributed by atoms with van der Waals surface area (Å²) in [6.07, 6.45) is 0. The Morgan fingerprint density at radius 2 is 2.17 bits per heavy atom. The van der Waals surface area contributed by atoms with E-state index in [-0.39, 0.29) is 17.7 Å². The number of hydrogen-bond acceptors (Lipinski definition) is 3. The summed E-state index contributed by atoms with van der Waals surface area (Å²) in [5, 5.41) is 9.81. The fourth-order valence-electron chi connectivity index (χ4n) is 1.62. The van der Waals surface area contributed by atoms with E-state index in [4.69, 9.17) is 4.74 Å². The van der Waals surface area contributed by atoms with Crippen molar-refractivity contribution in [2.75, 3.05) is 20.3 Å². The molecule has 18 heavy (non-hydrogen) atoms. The van der Waals surface area contributed by atoms with Gasteiger partial charge in [-0.2, -0.15) is 0 Å². The number of phenols is 1. The molecule has 100 valence electrons. The molecule has 0 aliphatic carbocycles. The van der Waals surface area contributed by atoms with Crippen LogP contribution in [0.5, 0.6) is 5.75 Å². The number of carbonyl (C=O) groups excluding carboxylic acids is 1. The second kappa shape index (κ2) is 6.75. The normalized spacial score (nSPS) is 10.7. The number of phenolic OH excluding ortho intramolecular Hbond substituents is 1. The summed E-state index contributed by atoms with van der Waals surface area (Å²) in [6.45, 7) is 4.84. The second-order valence-electron chi connectivity index (χ2n) is 4.25. The van der Waals surface area contributed by atoms with Crippen LogP contribution in [0.15, 0.2) is 22.7 Å². The highest BCUT2D eigenvalue weighted by Gasteiger charge is 2.21. The minimum Gasteiger partial charge on any atom is -0.507 e. The van der Waals surface area contributed by atoms with Gasteiger partial charge in [0, 0.05) is 24.2 Å². The van der Waals surface area contributed by atoms with Gasteiger partial charge in [0.2, 0.25) is 0 Å². The zero-order valence-corrected chi connectivity index (χ0v) is 12.4. The van der Waals surface area contributed by atoms with Crippen molar-refractivity contribution < 1.29 is 14.6 Å². The Morgan fingerprint density at radius 3 is 2.67 bits per heavy atom. The fourth-order valence-corrected chi connectivity index (χ4v) is 1.97. The summed E-state index contributed by atoms with van der Waals surface area (Å²) < 4.78 is 5.73. The Bertz CT molecular complexity index is 421. The molecule has 0 saturated heterocycles. The number of hydrogen-bond donors (Lipinski definition) is 1. The van der Waals surface area contributed by atoms with E-state index < -0.39 is 0 Å². The molecule has 0 radical (unpaired) electrons. The average molecular weight is 316 g/mol. The minimum absolute atomic E-state index is 0.0163. The first-order valence-corrected chi connectivity index (χ1v) is 6.55. The molecule has 0 spiro atoms. The molecule has 1 aromatic carbocycles. The van der Waals surface area contributed by atoms with Gasteiger partial charge < -0.3 is 14.7 Å². The van der Waals surface area contributed by atoms with E-state index in [0.29, 0.717) is 18.7 Å². The molecule has 0 bridgehead atoms. The van der Waals surface area contributed by atoms with Gasteiger partial charge in [-0.15, -0.1) is 0 Å². The number of methoxy groups -OCH3 is 1. The molecule has 1 N–H and O–H groups in total. The maximum Gasteiger partial charge on any atom is 0.257 e. The van der Waals surface area contributed by atoms with E-state index in [2.05, 4.69) is 15.9 Å². The maximum absolute atomic E-state index is 12.3. The summed E-state index contributed by atoms with van der Waals surface area (Å²) in [5.41, 5.74) is 0.308. The van der Waals surface area contributed by atoms with Crippen LogP contribution in [-0.4, -0.2) is 42.2 Å². The summed E-state index contributed by atoms with van der Waals surface area (Å²) in [7, 11) is 1.60. The smallest absolute Gasteiger partial charge is 0.257 e. The Labute approximate surface area is 116 Å². The van der Waals surface area contributed by atoms with Gasteiger partial charge in [-0.3, -0.25) is 4.79 Å². The van der Waals surface area contributed by atoms with Crippen molar-refractivity contribution in [2.24, 2.45) is 0 Å². The number of benzene rings is 1. The predicted molar refractivity (Wildman–Crippen MR) is 73.9 cm³/mol. The first-order chi connectivity index (χ1) is 8.47. The number of carbonyl (C=O) groups is 1. The van der Waals surface area contributed by atoms with Gasteiger partial charge in [-0.25, -0.2) is 0 Å². The molecule has 1 rings (SSSR count). The summed E-state index contributed by atoms with van der Waals surface area (Å²) in [4.78, 5) is 14.0. The van der Waals surface area contributed by atoms with Gasteiger partial charge >= 0.3 is 0 Å². The topological polar surface area (TPSA) is 49.8 Å². The van der Waals surface area contributed by atoms with Crippen molar-refractivity contribution in [1.82, 2.24) is 4.90 Å². The lowest BCUT2D eigenvalue weighted by Gasteiger charge is -2.26. The quantitative estimate of drug-likeness (QED) is 0.908. The van der Waals surface area contributed by atoms with E-state index in [9.17, 15) is 9.90 Å². The van der Waals surface area contributed by atoms with Crippen molar-refractivity contribution >= 4 is 21.8 Å². The lowest BCUT2D eigenvalue weighted by molar-refractivity contribution is 0.0632. The zero-order chi connectivity index (χ0) is 13.7. The molecular weight excluding hydrogens is 298 g/mol. The van der Waals surface area contributed by atoms with Crippen molar-refractivity contribution in [3.63, 3.8) is 0 Å². The van der Waals surface area contributed by atoms with Crippen molar-refractivity contribution in [3.8, 4) is 5.75 Å². The van der Waals surface area contributed by atoms with E-state index in [1.165, 1.54) is 6.07 Å². The Morgan fingerprint density at radius 1 is 1.50 bits per heavy atom. The van der Waals surface area contributed by atoms with Crippen molar-refractivity contribution in [2.45, 2.75) is 19.9 Å². The number of amides is 1. The Hall–Kier alpha value is -1.07. The molecule has 0 heterocycles. The lowest BCUT2D eigenvalue weighted by atomic mass is 10.1. The van der Waals surface area contributed by atoms with E-state index in [0.717, 1.165) is 4.47 Å². The third-order valence-electron chi connectivity index (χ3n) is 2.61. The van der Waals surface area contributed by atoms with Gasteiger partial charge in [0.25, 0.3) is 5.91 Å². The molecule has 4 nitrogen and oxygen atoms in total. The second-order valence-corrected chi connectivity index (χ2v) is 5.16. The highest BCUT2D eigenvalue weighted by Crippen LogP contribution is 2.24. The monoisotopic (exact) mass is 315 g/mol. The van der Waals surface area contributed by atoms with E-state index in [1.54, 1.807) is 24.1 Å². The highest BCUT2D eigenvalue weighted by molar-refractivity contribution is 9.10. The van der Waals surface area contributed by atoms with E-state index >= 15 is 0 Å². The van der Waals surface area contributed by atoms with E-state index in [1.807, 2.05) is 13.8 Å². The standard InChI is InChI=1S/C13H18BrNO3/c1-9(2)15(6-7-18-3)13(17)11-5-4-10(14)8-12(11)16/h4-5,8-9,16H,6-7H2,1-3H3. The third kappa shape index (κ3) is 3.71. The first kappa shape index (κ1) is 15.0. The molecule has 0 aliphatic rings. The highest BCUT2D eigenvalue weighted by atomic mass is 79.9. The molecule has 0 saturated carbocycles. The van der Waals surface area contributed by atoms with Crippen molar-refractivity contribution in [3.05, 3.63) is 28.2 Å². The van der Waals surface area contributed by atoms with Crippen LogP contribution >= 0.6 is 15.9 Å². The van der Waals surface area contributed by atoms with Gasteiger partial charge in [0.05, 0.1) is 12.2 Å². The third-order valence-corrected chi connectivity index (χ3v) is 3.10. The average Bonchev–Trinajstić information content (AvgIpc) is 2.28. The summed E-state index contributed by atoms with van der Waals surface area (Å²) in [5.74, 6) is -0.204. The predicted octanol–water partition coefficient (Wildman–Crippen LogP) is 2.65. The number of halogens is 1. The van der Waals surface area contributed by atoms with Gasteiger partial charge in [0.15, 0.2) is 0 Å². The number of rotatable bonds is 5. The molecular formula is C13H18BrNO3. The number of aromatic hydroxyl groups is 1. The van der Waals surface area contributed by atoms with Gasteiger partial charge in [-0.05, 0) is 32.0 Å². The molecule has 0 fully saturated rings. The lowest BCUT2D eigenvalue weighted by Crippen LogP contribution is -2.39. The van der Waals surface area contributed by atoms with Gasteiger partial charge in [-0.1, -0.05) is 15.9 Å². The summed E-state index contributed by atoms with van der Waals surface area (Å²) in [6, 6.07) is 4.92. The number of nitrogens with zero attached hydrogens (tertiary/aromatic N) is 1. The van der Waals surface area contributed by atoms with Crippen LogP contribution in [0.4, 0.5) is 0 Å². The molecule has 0 aromatic heterocycles. The van der Waals surface area contributed by atoms with Crippen LogP contribution in [0, 0.1) is 0 Å². The minimum atomic E-state index is -0.188. The van der Waals surface area contributed by atoms with Gasteiger partial charge in [0.1, 0.15) is 5.75 Å². The zero-order valence-electron chi connectivity index (χ0n) is 10.8. The molecule has 1 aromatic rings. The van der Waals surface area contributed by atoms with Crippen LogP contribution < -0.4 is 0 Å². The molecule has 0 unspecified atom stereocenters. The molecule has 5 heteroatoms. The van der Waals surface area contributed by atoms with Crippen LogP contribution in [0.2, 0.25) is 0 Å². The molecule has 0 atom stereocenters. The van der Waals surface area contributed by atoms with Crippen LogP contribution in [0.25, 0.3) is 0 Å². The maximum atomic E-state index is 12.3.